The molecule has 8 heteroatoms. The number of methoxy groups -OCH3 is 1. The first kappa shape index (κ1) is 33.0. The van der Waals surface area contributed by atoms with Crippen molar-refractivity contribution in [2.45, 2.75) is 59.2 Å². The second-order valence-electron chi connectivity index (χ2n) is 9.33. The summed E-state index contributed by atoms with van der Waals surface area (Å²) < 4.78 is 5.35. The van der Waals surface area contributed by atoms with Crippen LogP contribution in [0.4, 0.5) is 0 Å². The van der Waals surface area contributed by atoms with E-state index in [1.807, 2.05) is 34.9 Å². The zero-order valence-corrected chi connectivity index (χ0v) is 24.7. The van der Waals surface area contributed by atoms with Gasteiger partial charge in [-0.15, -0.1) is 11.8 Å². The number of hydrogen-bond acceptors (Lipinski definition) is 7. The van der Waals surface area contributed by atoms with Crippen LogP contribution in [0.5, 0.6) is 0 Å². The molecule has 1 saturated carbocycles. The number of carbonyl (C=O) groups is 1. The molecular weight excluding hydrogens is 482 g/mol. The van der Waals surface area contributed by atoms with Gasteiger partial charge in [0.1, 0.15) is 0 Å². The van der Waals surface area contributed by atoms with Gasteiger partial charge in [-0.3, -0.25) is 19.7 Å². The Labute approximate surface area is 229 Å². The molecule has 0 aromatic heterocycles. The molecule has 1 aliphatic carbocycles. The summed E-state index contributed by atoms with van der Waals surface area (Å²) >= 11 is 1.67. The van der Waals surface area contributed by atoms with Gasteiger partial charge in [0.2, 0.25) is 6.41 Å². The molecule has 37 heavy (non-hydrogen) atoms. The SMILES string of the molecule is C=N/C=C(\C=NCC(C)N(C=O)CCNC)SCC.CC.COC1CC2(C1)CN(Cc1ccccc1)C2. The molecule has 1 spiro atoms. The van der Waals surface area contributed by atoms with Crippen LogP contribution >= 0.6 is 11.8 Å². The third-order valence-electron chi connectivity index (χ3n) is 6.46. The molecule has 3 rings (SSSR count). The van der Waals surface area contributed by atoms with E-state index < -0.39 is 0 Å². The number of nitrogens with zero attached hydrogens (tertiary/aromatic N) is 4. The molecule has 1 aliphatic heterocycles. The van der Waals surface area contributed by atoms with Crippen LogP contribution in [0.3, 0.4) is 0 Å². The number of rotatable bonds is 14. The van der Waals surface area contributed by atoms with Crippen molar-refractivity contribution in [2.24, 2.45) is 15.4 Å². The average molecular weight is 532 g/mol. The Bertz CT molecular complexity index is 804. The molecular formula is C29H49N5O2S. The van der Waals surface area contributed by atoms with Crippen LogP contribution in [-0.4, -0.2) is 93.9 Å². The number of hydrogen-bond donors (Lipinski definition) is 1. The normalized spacial score (nSPS) is 17.5. The highest BCUT2D eigenvalue weighted by Crippen LogP contribution is 2.49. The number of aliphatic imine (C=N–C) groups is 2. The second-order valence-corrected chi connectivity index (χ2v) is 10.7. The Morgan fingerprint density at radius 1 is 1.32 bits per heavy atom. The quantitative estimate of drug-likeness (QED) is 0.277. The number of carbonyl (C=O) groups excluding carboxylic acids is 1. The predicted molar refractivity (Wildman–Crippen MR) is 161 cm³/mol. The summed E-state index contributed by atoms with van der Waals surface area (Å²) in [6, 6.07) is 10.8. The van der Waals surface area contributed by atoms with Gasteiger partial charge in [-0.05, 0) is 44.8 Å². The summed E-state index contributed by atoms with van der Waals surface area (Å²) in [7, 11) is 3.70. The zero-order valence-electron chi connectivity index (χ0n) is 23.9. The predicted octanol–water partition coefficient (Wildman–Crippen LogP) is 4.74. The Hall–Kier alpha value is -2.00. The van der Waals surface area contributed by atoms with Gasteiger partial charge >= 0.3 is 0 Å². The number of nitrogens with one attached hydrogen (secondary N) is 1. The Morgan fingerprint density at radius 3 is 2.54 bits per heavy atom. The number of benzene rings is 1. The molecule has 208 valence electrons. The first-order chi connectivity index (χ1) is 18.0. The van der Waals surface area contributed by atoms with Gasteiger partial charge in [-0.25, -0.2) is 0 Å². The van der Waals surface area contributed by atoms with Gasteiger partial charge in [0.05, 0.1) is 12.6 Å². The summed E-state index contributed by atoms with van der Waals surface area (Å²) in [6.45, 7) is 17.2. The summed E-state index contributed by atoms with van der Waals surface area (Å²) in [5, 5.41) is 3.02. The van der Waals surface area contributed by atoms with E-state index in [-0.39, 0.29) is 6.04 Å². The molecule has 0 radical (unpaired) electrons. The van der Waals surface area contributed by atoms with E-state index in [0.29, 0.717) is 24.6 Å². The smallest absolute Gasteiger partial charge is 0.210 e. The van der Waals surface area contributed by atoms with Crippen molar-refractivity contribution in [3.05, 3.63) is 47.0 Å². The molecule has 2 fully saturated rings. The van der Waals surface area contributed by atoms with Gasteiger partial charge in [0, 0.05) is 68.6 Å². The highest BCUT2D eigenvalue weighted by molar-refractivity contribution is 8.03. The van der Waals surface area contributed by atoms with E-state index in [1.165, 1.54) is 31.5 Å². The minimum atomic E-state index is 0.0895. The number of likely N-dealkylation sites (tertiary alicyclic amines) is 1. The molecule has 1 heterocycles. The lowest BCUT2D eigenvalue weighted by Crippen LogP contribution is -2.63. The molecule has 1 aromatic rings. The topological polar surface area (TPSA) is 69.5 Å². The zero-order chi connectivity index (χ0) is 27.5. The van der Waals surface area contributed by atoms with Crippen LogP contribution < -0.4 is 5.32 Å². The first-order valence-corrected chi connectivity index (χ1v) is 14.4. The Kier molecular flexibility index (Phi) is 17.1. The van der Waals surface area contributed by atoms with E-state index in [4.69, 9.17) is 4.74 Å². The van der Waals surface area contributed by atoms with E-state index >= 15 is 0 Å². The Morgan fingerprint density at radius 2 is 2.00 bits per heavy atom. The van der Waals surface area contributed by atoms with Crippen molar-refractivity contribution in [1.29, 1.82) is 0 Å². The van der Waals surface area contributed by atoms with Gasteiger partial charge in [0.15, 0.2) is 0 Å². The van der Waals surface area contributed by atoms with Crippen LogP contribution in [-0.2, 0) is 16.1 Å². The van der Waals surface area contributed by atoms with Crippen molar-refractivity contribution in [3.63, 3.8) is 0 Å². The molecule has 1 N–H and O–H groups in total. The average Bonchev–Trinajstić information content (AvgIpc) is 2.87. The van der Waals surface area contributed by atoms with E-state index in [9.17, 15) is 4.79 Å². The highest BCUT2D eigenvalue weighted by Gasteiger charge is 2.52. The summed E-state index contributed by atoms with van der Waals surface area (Å²) in [5.41, 5.74) is 2.05. The maximum atomic E-state index is 11.0. The highest BCUT2D eigenvalue weighted by atomic mass is 32.2. The first-order valence-electron chi connectivity index (χ1n) is 13.4. The van der Waals surface area contributed by atoms with Gasteiger partial charge in [-0.1, -0.05) is 51.1 Å². The Balaban J connectivity index is 0.000000349. The maximum absolute atomic E-state index is 11.0. The summed E-state index contributed by atoms with van der Waals surface area (Å²) in [5.74, 6) is 0.964. The number of thioether (sulfide) groups is 1. The molecule has 1 atom stereocenters. The molecule has 1 unspecified atom stereocenters. The minimum absolute atomic E-state index is 0.0895. The molecule has 1 amide bonds. The van der Waals surface area contributed by atoms with E-state index in [0.717, 1.165) is 30.2 Å². The third kappa shape index (κ3) is 11.9. The van der Waals surface area contributed by atoms with Crippen molar-refractivity contribution in [3.8, 4) is 0 Å². The number of amides is 1. The van der Waals surface area contributed by atoms with Crippen LogP contribution in [0.2, 0.25) is 0 Å². The van der Waals surface area contributed by atoms with Gasteiger partial charge in [0.25, 0.3) is 0 Å². The maximum Gasteiger partial charge on any atom is 0.210 e. The fourth-order valence-electron chi connectivity index (χ4n) is 4.57. The van der Waals surface area contributed by atoms with E-state index in [2.05, 4.69) is 64.2 Å². The van der Waals surface area contributed by atoms with Crippen LogP contribution in [0.15, 0.2) is 51.4 Å². The molecule has 1 aromatic carbocycles. The van der Waals surface area contributed by atoms with Crippen molar-refractivity contribution >= 4 is 31.1 Å². The number of ether oxygens (including phenoxy) is 1. The third-order valence-corrected chi connectivity index (χ3v) is 7.29. The van der Waals surface area contributed by atoms with Crippen molar-refractivity contribution < 1.29 is 9.53 Å². The van der Waals surface area contributed by atoms with Crippen molar-refractivity contribution in [1.82, 2.24) is 15.1 Å². The van der Waals surface area contributed by atoms with Gasteiger partial charge in [-0.2, -0.15) is 0 Å². The lowest BCUT2D eigenvalue weighted by atomic mass is 9.61. The summed E-state index contributed by atoms with van der Waals surface area (Å²) in [4.78, 5) is 24.3. The molecule has 1 saturated heterocycles. The van der Waals surface area contributed by atoms with E-state index in [1.54, 1.807) is 29.1 Å². The second kappa shape index (κ2) is 19.1. The van der Waals surface area contributed by atoms with Crippen LogP contribution in [0, 0.1) is 5.41 Å². The molecule has 7 nitrogen and oxygen atoms in total. The monoisotopic (exact) mass is 531 g/mol. The lowest BCUT2D eigenvalue weighted by Gasteiger charge is -2.58. The standard InChI is InChI=1S/C14H19NO.C13H24N4OS.C2H6/c1-16-13-7-14(8-13)10-15(11-14)9-12-5-3-2-4-6-12;1-5-19-13(9-15-4)10-16-8-12(2)17(11-18)7-6-14-3;1-2/h2-6,13H,7-11H2,1H3;9-12,14H,4-8H2,1-3H3;1-2H3/b;13-9+,16-10?;. The fourth-order valence-corrected chi connectivity index (χ4v) is 5.20. The molecule has 0 bridgehead atoms. The van der Waals surface area contributed by atoms with Crippen molar-refractivity contribution in [2.75, 3.05) is 52.6 Å². The van der Waals surface area contributed by atoms with Crippen LogP contribution in [0.25, 0.3) is 0 Å². The number of likely N-dealkylation sites (N-methyl/N-ethyl adjacent to an activating group) is 1. The lowest BCUT2D eigenvalue weighted by molar-refractivity contribution is -0.142. The van der Waals surface area contributed by atoms with Crippen LogP contribution in [0.1, 0.15) is 46.1 Å². The summed E-state index contributed by atoms with van der Waals surface area (Å²) in [6.07, 6.45) is 7.45. The molecule has 2 aliphatic rings. The number of allylic oxidation sites excluding steroid dienone is 1. The fraction of sp³-hybridized carbons (Fsp3) is 0.621. The van der Waals surface area contributed by atoms with Gasteiger partial charge < -0.3 is 15.0 Å². The minimum Gasteiger partial charge on any atom is -0.381 e. The largest absolute Gasteiger partial charge is 0.381 e.